The van der Waals surface area contributed by atoms with Crippen LogP contribution in [-0.2, 0) is 9.47 Å². The van der Waals surface area contributed by atoms with Gasteiger partial charge in [-0.2, -0.15) is 0 Å². The zero-order valence-electron chi connectivity index (χ0n) is 12.9. The van der Waals surface area contributed by atoms with Crippen LogP contribution in [0.3, 0.4) is 0 Å². The molecule has 0 fully saturated rings. The van der Waals surface area contributed by atoms with E-state index in [1.165, 1.54) is 51.4 Å². The van der Waals surface area contributed by atoms with Crippen molar-refractivity contribution in [3.05, 3.63) is 0 Å². The van der Waals surface area contributed by atoms with Gasteiger partial charge in [0.25, 0.3) is 0 Å². The minimum absolute atomic E-state index is 0.315. The van der Waals surface area contributed by atoms with Crippen molar-refractivity contribution in [3.63, 3.8) is 0 Å². The highest BCUT2D eigenvalue weighted by molar-refractivity contribution is 4.57. The Morgan fingerprint density at radius 1 is 0.722 bits per heavy atom. The van der Waals surface area contributed by atoms with E-state index in [1.54, 1.807) is 0 Å². The number of unbranched alkanes of at least 4 members (excludes halogenated alkanes) is 7. The molecular weight excluding hydrogens is 224 g/mol. The fourth-order valence-corrected chi connectivity index (χ4v) is 2.21. The van der Waals surface area contributed by atoms with Gasteiger partial charge in [-0.25, -0.2) is 0 Å². The molecule has 1 atom stereocenters. The molecule has 0 aromatic carbocycles. The minimum Gasteiger partial charge on any atom is -0.379 e. The smallest absolute Gasteiger partial charge is 0.0808 e. The number of hydrogen-bond donors (Lipinski definition) is 0. The Bertz CT molecular complexity index is 148. The SMILES string of the molecule is CCCCCCCCCCC(COCC)OCC. The molecule has 0 amide bonds. The van der Waals surface area contributed by atoms with E-state index in [0.29, 0.717) is 6.10 Å². The molecule has 18 heavy (non-hydrogen) atoms. The van der Waals surface area contributed by atoms with Gasteiger partial charge in [0.15, 0.2) is 0 Å². The molecule has 0 aromatic rings. The second-order valence-electron chi connectivity index (χ2n) is 5.00. The van der Waals surface area contributed by atoms with Gasteiger partial charge in [0.1, 0.15) is 0 Å². The summed E-state index contributed by atoms with van der Waals surface area (Å²) in [4.78, 5) is 0. The predicted molar refractivity (Wildman–Crippen MR) is 79.1 cm³/mol. The quantitative estimate of drug-likeness (QED) is 0.410. The van der Waals surface area contributed by atoms with Gasteiger partial charge in [-0.3, -0.25) is 0 Å². The summed E-state index contributed by atoms with van der Waals surface area (Å²) in [5.41, 5.74) is 0. The van der Waals surface area contributed by atoms with Crippen LogP contribution in [0.4, 0.5) is 0 Å². The molecular formula is C16H34O2. The summed E-state index contributed by atoms with van der Waals surface area (Å²) in [5.74, 6) is 0. The van der Waals surface area contributed by atoms with Crippen molar-refractivity contribution >= 4 is 0 Å². The minimum atomic E-state index is 0.315. The Morgan fingerprint density at radius 2 is 1.33 bits per heavy atom. The van der Waals surface area contributed by atoms with Gasteiger partial charge in [0.2, 0.25) is 0 Å². The number of ether oxygens (including phenoxy) is 2. The fraction of sp³-hybridized carbons (Fsp3) is 1.00. The molecule has 0 heterocycles. The van der Waals surface area contributed by atoms with Crippen molar-refractivity contribution in [2.45, 2.75) is 84.7 Å². The summed E-state index contributed by atoms with van der Waals surface area (Å²) in [6, 6.07) is 0. The Hall–Kier alpha value is -0.0800. The van der Waals surface area contributed by atoms with Gasteiger partial charge >= 0.3 is 0 Å². The molecule has 0 bridgehead atoms. The van der Waals surface area contributed by atoms with E-state index in [-0.39, 0.29) is 0 Å². The summed E-state index contributed by atoms with van der Waals surface area (Å²) in [6.07, 6.45) is 12.5. The first-order valence-corrected chi connectivity index (χ1v) is 8.04. The van der Waals surface area contributed by atoms with Crippen molar-refractivity contribution in [2.75, 3.05) is 19.8 Å². The van der Waals surface area contributed by atoms with Crippen molar-refractivity contribution in [1.29, 1.82) is 0 Å². The molecule has 0 spiro atoms. The van der Waals surface area contributed by atoms with E-state index in [1.807, 2.05) is 6.92 Å². The zero-order valence-corrected chi connectivity index (χ0v) is 12.9. The average molecular weight is 258 g/mol. The highest BCUT2D eigenvalue weighted by atomic mass is 16.5. The summed E-state index contributed by atoms with van der Waals surface area (Å²) < 4.78 is 11.1. The highest BCUT2D eigenvalue weighted by Gasteiger charge is 2.07. The molecule has 0 aromatic heterocycles. The molecule has 0 radical (unpaired) electrons. The van der Waals surface area contributed by atoms with Gasteiger partial charge in [0.05, 0.1) is 12.7 Å². The summed E-state index contributed by atoms with van der Waals surface area (Å²) in [7, 11) is 0. The Morgan fingerprint density at radius 3 is 1.89 bits per heavy atom. The first-order chi connectivity index (χ1) is 8.85. The standard InChI is InChI=1S/C16H34O2/c1-4-7-8-9-10-11-12-13-14-16(18-6-3)15-17-5-2/h16H,4-15H2,1-3H3. The largest absolute Gasteiger partial charge is 0.379 e. The van der Waals surface area contributed by atoms with Crippen molar-refractivity contribution < 1.29 is 9.47 Å². The highest BCUT2D eigenvalue weighted by Crippen LogP contribution is 2.12. The summed E-state index contributed by atoms with van der Waals surface area (Å²) >= 11 is 0. The maximum Gasteiger partial charge on any atom is 0.0808 e. The molecule has 0 rings (SSSR count). The lowest BCUT2D eigenvalue weighted by Gasteiger charge is -2.16. The third-order valence-electron chi connectivity index (χ3n) is 3.29. The van der Waals surface area contributed by atoms with Crippen molar-refractivity contribution in [1.82, 2.24) is 0 Å². The predicted octanol–water partition coefficient (Wildman–Crippen LogP) is 4.96. The van der Waals surface area contributed by atoms with E-state index < -0.39 is 0 Å². The van der Waals surface area contributed by atoms with Crippen LogP contribution in [0.2, 0.25) is 0 Å². The van der Waals surface area contributed by atoms with Crippen LogP contribution in [0, 0.1) is 0 Å². The van der Waals surface area contributed by atoms with Crippen LogP contribution in [-0.4, -0.2) is 25.9 Å². The Balaban J connectivity index is 3.31. The van der Waals surface area contributed by atoms with Gasteiger partial charge in [0, 0.05) is 13.2 Å². The molecule has 0 aliphatic heterocycles. The summed E-state index contributed by atoms with van der Waals surface area (Å²) in [5, 5.41) is 0. The van der Waals surface area contributed by atoms with Gasteiger partial charge in [-0.05, 0) is 20.3 Å². The third-order valence-corrected chi connectivity index (χ3v) is 3.29. The molecule has 0 N–H and O–H groups in total. The number of rotatable bonds is 14. The van der Waals surface area contributed by atoms with Crippen LogP contribution < -0.4 is 0 Å². The van der Waals surface area contributed by atoms with Crippen LogP contribution >= 0.6 is 0 Å². The maximum atomic E-state index is 5.68. The second-order valence-corrected chi connectivity index (χ2v) is 5.00. The Kier molecular flexibility index (Phi) is 14.9. The molecule has 0 aliphatic carbocycles. The lowest BCUT2D eigenvalue weighted by Crippen LogP contribution is -2.20. The van der Waals surface area contributed by atoms with Crippen molar-refractivity contribution in [2.24, 2.45) is 0 Å². The zero-order chi connectivity index (χ0) is 13.5. The molecule has 2 heteroatoms. The van der Waals surface area contributed by atoms with E-state index in [9.17, 15) is 0 Å². The molecule has 0 saturated carbocycles. The molecule has 0 aliphatic rings. The van der Waals surface area contributed by atoms with Crippen LogP contribution in [0.25, 0.3) is 0 Å². The van der Waals surface area contributed by atoms with Gasteiger partial charge in [-0.15, -0.1) is 0 Å². The first-order valence-electron chi connectivity index (χ1n) is 8.04. The van der Waals surface area contributed by atoms with E-state index in [4.69, 9.17) is 9.47 Å². The maximum absolute atomic E-state index is 5.68. The van der Waals surface area contributed by atoms with E-state index in [0.717, 1.165) is 26.2 Å². The number of hydrogen-bond acceptors (Lipinski definition) is 2. The van der Waals surface area contributed by atoms with Crippen LogP contribution in [0.5, 0.6) is 0 Å². The van der Waals surface area contributed by atoms with Crippen LogP contribution in [0.15, 0.2) is 0 Å². The third kappa shape index (κ3) is 12.4. The van der Waals surface area contributed by atoms with E-state index in [2.05, 4.69) is 13.8 Å². The molecule has 2 nitrogen and oxygen atoms in total. The lowest BCUT2D eigenvalue weighted by atomic mass is 10.1. The molecule has 0 saturated heterocycles. The fourth-order valence-electron chi connectivity index (χ4n) is 2.21. The molecule has 1 unspecified atom stereocenters. The molecule has 110 valence electrons. The van der Waals surface area contributed by atoms with Crippen molar-refractivity contribution in [3.8, 4) is 0 Å². The summed E-state index contributed by atoms with van der Waals surface area (Å²) in [6.45, 7) is 8.73. The van der Waals surface area contributed by atoms with Gasteiger partial charge < -0.3 is 9.47 Å². The van der Waals surface area contributed by atoms with Gasteiger partial charge in [-0.1, -0.05) is 58.3 Å². The monoisotopic (exact) mass is 258 g/mol. The normalized spacial score (nSPS) is 12.8. The average Bonchev–Trinajstić information content (AvgIpc) is 2.39. The van der Waals surface area contributed by atoms with Crippen LogP contribution in [0.1, 0.15) is 78.6 Å². The Labute approximate surface area is 114 Å². The second kappa shape index (κ2) is 15.0. The first kappa shape index (κ1) is 17.9. The van der Waals surface area contributed by atoms with E-state index >= 15 is 0 Å². The topological polar surface area (TPSA) is 18.5 Å². The lowest BCUT2D eigenvalue weighted by molar-refractivity contribution is -0.0135.